The van der Waals surface area contributed by atoms with Crippen molar-refractivity contribution in [2.45, 2.75) is 6.92 Å². The van der Waals surface area contributed by atoms with Crippen LogP contribution in [0.25, 0.3) is 0 Å². The molecular weight excluding hydrogens is 368 g/mol. The Hall–Kier alpha value is -3.03. The first kappa shape index (κ1) is 19.3. The largest absolute Gasteiger partial charge is 0.495 e. The van der Waals surface area contributed by atoms with Gasteiger partial charge < -0.3 is 24.3 Å². The summed E-state index contributed by atoms with van der Waals surface area (Å²) in [5, 5.41) is 0. The molecule has 1 amide bonds. The summed E-state index contributed by atoms with van der Waals surface area (Å²) in [6, 6.07) is 10.2. The Morgan fingerprint density at radius 3 is 2.24 bits per heavy atom. The third-order valence-electron chi connectivity index (χ3n) is 5.60. The van der Waals surface area contributed by atoms with E-state index in [0.29, 0.717) is 13.1 Å². The van der Waals surface area contributed by atoms with E-state index in [0.717, 1.165) is 74.6 Å². The van der Waals surface area contributed by atoms with Crippen LogP contribution in [-0.4, -0.2) is 80.7 Å². The quantitative estimate of drug-likeness (QED) is 0.708. The molecule has 1 aromatic carbocycles. The second kappa shape index (κ2) is 8.55. The molecule has 0 spiro atoms. The molecule has 0 N–H and O–H groups in total. The van der Waals surface area contributed by atoms with Crippen LogP contribution in [0.3, 0.4) is 0 Å². The highest BCUT2D eigenvalue weighted by molar-refractivity contribution is 5.59. The number of methoxy groups -OCH3 is 1. The van der Waals surface area contributed by atoms with Crippen molar-refractivity contribution in [2.24, 2.45) is 0 Å². The van der Waals surface area contributed by atoms with Crippen LogP contribution in [0.15, 0.2) is 30.3 Å². The van der Waals surface area contributed by atoms with Crippen LogP contribution in [0.4, 0.5) is 17.5 Å². The molecule has 1 aromatic heterocycles. The molecule has 8 nitrogen and oxygen atoms in total. The van der Waals surface area contributed by atoms with Gasteiger partial charge in [0.25, 0.3) is 0 Å². The van der Waals surface area contributed by atoms with Crippen molar-refractivity contribution in [1.82, 2.24) is 14.9 Å². The Morgan fingerprint density at radius 1 is 0.897 bits per heavy atom. The summed E-state index contributed by atoms with van der Waals surface area (Å²) in [6.45, 7) is 8.60. The highest BCUT2D eigenvalue weighted by Crippen LogP contribution is 2.29. The molecule has 2 saturated heterocycles. The summed E-state index contributed by atoms with van der Waals surface area (Å²) in [4.78, 5) is 29.1. The lowest BCUT2D eigenvalue weighted by atomic mass is 10.2. The van der Waals surface area contributed by atoms with Crippen molar-refractivity contribution in [3.63, 3.8) is 0 Å². The number of hydrogen-bond donors (Lipinski definition) is 0. The van der Waals surface area contributed by atoms with Gasteiger partial charge in [-0.3, -0.25) is 4.79 Å². The Kier molecular flexibility index (Phi) is 5.69. The Bertz CT molecular complexity index is 845. The first-order valence-corrected chi connectivity index (χ1v) is 10.1. The van der Waals surface area contributed by atoms with Gasteiger partial charge in [0.15, 0.2) is 0 Å². The molecule has 0 unspecified atom stereocenters. The van der Waals surface area contributed by atoms with Gasteiger partial charge in [-0.1, -0.05) is 12.1 Å². The summed E-state index contributed by atoms with van der Waals surface area (Å²) >= 11 is 0. The predicted octanol–water partition coefficient (Wildman–Crippen LogP) is 1.40. The lowest BCUT2D eigenvalue weighted by Gasteiger charge is -2.38. The van der Waals surface area contributed by atoms with Crippen LogP contribution in [0.5, 0.6) is 5.75 Å². The lowest BCUT2D eigenvalue weighted by molar-refractivity contribution is -0.118. The van der Waals surface area contributed by atoms with Gasteiger partial charge in [0.05, 0.1) is 12.8 Å². The average Bonchev–Trinajstić information content (AvgIpc) is 2.79. The van der Waals surface area contributed by atoms with E-state index in [2.05, 4.69) is 37.9 Å². The second-order valence-corrected chi connectivity index (χ2v) is 7.44. The monoisotopic (exact) mass is 396 g/mol. The van der Waals surface area contributed by atoms with Crippen LogP contribution in [0, 0.1) is 6.92 Å². The Labute approximate surface area is 171 Å². The van der Waals surface area contributed by atoms with E-state index >= 15 is 0 Å². The van der Waals surface area contributed by atoms with E-state index in [1.807, 2.05) is 19.1 Å². The van der Waals surface area contributed by atoms with Crippen LogP contribution >= 0.6 is 0 Å². The number of nitrogens with zero attached hydrogens (tertiary/aromatic N) is 6. The van der Waals surface area contributed by atoms with Crippen molar-refractivity contribution < 1.29 is 9.53 Å². The summed E-state index contributed by atoms with van der Waals surface area (Å²) < 4.78 is 5.52. The minimum Gasteiger partial charge on any atom is -0.495 e. The summed E-state index contributed by atoms with van der Waals surface area (Å²) in [5.41, 5.74) is 2.11. The predicted molar refractivity (Wildman–Crippen MR) is 114 cm³/mol. The maximum atomic E-state index is 10.9. The minimum atomic E-state index is 0.716. The molecule has 2 aliphatic rings. The van der Waals surface area contributed by atoms with E-state index in [4.69, 9.17) is 9.72 Å². The SMILES string of the molecule is COc1ccccc1N1CCN(c2cc(C)nc(N3CCN(C=O)CC3)n2)CC1. The number of carbonyl (C=O) groups excluding carboxylic acids is 1. The van der Waals surface area contributed by atoms with E-state index < -0.39 is 0 Å². The van der Waals surface area contributed by atoms with Gasteiger partial charge in [0, 0.05) is 64.1 Å². The van der Waals surface area contributed by atoms with Crippen molar-refractivity contribution in [3.8, 4) is 5.75 Å². The fourth-order valence-electron chi connectivity index (χ4n) is 3.93. The number of rotatable bonds is 5. The molecular formula is C21H28N6O2. The third-order valence-corrected chi connectivity index (χ3v) is 5.60. The lowest BCUT2D eigenvalue weighted by Crippen LogP contribution is -2.48. The number of aromatic nitrogens is 2. The molecule has 29 heavy (non-hydrogen) atoms. The number of amides is 1. The number of ether oxygens (including phenoxy) is 1. The number of carbonyl (C=O) groups is 1. The smallest absolute Gasteiger partial charge is 0.227 e. The van der Waals surface area contributed by atoms with Crippen LogP contribution in [0.1, 0.15) is 5.69 Å². The summed E-state index contributed by atoms with van der Waals surface area (Å²) in [7, 11) is 1.72. The van der Waals surface area contributed by atoms with Gasteiger partial charge in [-0.2, -0.15) is 4.98 Å². The third kappa shape index (κ3) is 4.21. The fourth-order valence-corrected chi connectivity index (χ4v) is 3.93. The van der Waals surface area contributed by atoms with Gasteiger partial charge in [-0.05, 0) is 19.1 Å². The van der Waals surface area contributed by atoms with Gasteiger partial charge >= 0.3 is 0 Å². The molecule has 2 aromatic rings. The zero-order valence-electron chi connectivity index (χ0n) is 17.1. The number of para-hydroxylation sites is 2. The number of aryl methyl sites for hydroxylation is 1. The topological polar surface area (TPSA) is 65.0 Å². The van der Waals surface area contributed by atoms with Crippen LogP contribution in [-0.2, 0) is 4.79 Å². The van der Waals surface area contributed by atoms with Gasteiger partial charge in [0.1, 0.15) is 11.6 Å². The molecule has 8 heteroatoms. The second-order valence-electron chi connectivity index (χ2n) is 7.44. The molecule has 0 saturated carbocycles. The molecule has 0 bridgehead atoms. The number of benzene rings is 1. The standard InChI is InChI=1S/C21H28N6O2/c1-17-15-20(23-21(22-17)27-9-7-24(16-28)8-10-27)26-13-11-25(12-14-26)18-5-3-4-6-19(18)29-2/h3-6,15-16H,7-14H2,1-2H3. The first-order chi connectivity index (χ1) is 14.2. The summed E-state index contributed by atoms with van der Waals surface area (Å²) in [6.07, 6.45) is 0.918. The Morgan fingerprint density at radius 2 is 1.55 bits per heavy atom. The fraction of sp³-hybridized carbons (Fsp3) is 0.476. The average molecular weight is 396 g/mol. The van der Waals surface area contributed by atoms with Gasteiger partial charge in [-0.15, -0.1) is 0 Å². The van der Waals surface area contributed by atoms with Crippen molar-refractivity contribution in [1.29, 1.82) is 0 Å². The number of hydrogen-bond acceptors (Lipinski definition) is 7. The molecule has 3 heterocycles. The summed E-state index contributed by atoms with van der Waals surface area (Å²) in [5.74, 6) is 2.65. The van der Waals surface area contributed by atoms with Crippen molar-refractivity contribution in [2.75, 3.05) is 74.2 Å². The normalized spacial score (nSPS) is 17.4. The number of piperazine rings is 2. The van der Waals surface area contributed by atoms with E-state index in [-0.39, 0.29) is 0 Å². The first-order valence-electron chi connectivity index (χ1n) is 10.1. The molecule has 0 atom stereocenters. The maximum absolute atomic E-state index is 10.9. The zero-order chi connectivity index (χ0) is 20.2. The zero-order valence-corrected chi connectivity index (χ0v) is 17.1. The molecule has 154 valence electrons. The van der Waals surface area contributed by atoms with Crippen LogP contribution in [0.2, 0.25) is 0 Å². The highest BCUT2D eigenvalue weighted by Gasteiger charge is 2.23. The molecule has 2 fully saturated rings. The van der Waals surface area contributed by atoms with E-state index in [1.54, 1.807) is 12.0 Å². The minimum absolute atomic E-state index is 0.716. The highest BCUT2D eigenvalue weighted by atomic mass is 16.5. The van der Waals surface area contributed by atoms with E-state index in [1.165, 1.54) is 0 Å². The molecule has 0 radical (unpaired) electrons. The van der Waals surface area contributed by atoms with Gasteiger partial charge in [-0.25, -0.2) is 4.98 Å². The molecule has 0 aliphatic carbocycles. The molecule has 2 aliphatic heterocycles. The van der Waals surface area contributed by atoms with Gasteiger partial charge in [0.2, 0.25) is 12.4 Å². The van der Waals surface area contributed by atoms with Crippen molar-refractivity contribution >= 4 is 23.9 Å². The van der Waals surface area contributed by atoms with Crippen LogP contribution < -0.4 is 19.4 Å². The Balaban J connectivity index is 1.45. The molecule has 4 rings (SSSR count). The maximum Gasteiger partial charge on any atom is 0.227 e. The van der Waals surface area contributed by atoms with E-state index in [9.17, 15) is 4.79 Å². The number of anilines is 3. The van der Waals surface area contributed by atoms with Crippen molar-refractivity contribution in [3.05, 3.63) is 36.0 Å².